The van der Waals surface area contributed by atoms with E-state index in [2.05, 4.69) is 9.97 Å². The second kappa shape index (κ2) is 4.02. The first kappa shape index (κ1) is 11.9. The lowest BCUT2D eigenvalue weighted by Gasteiger charge is -2.34. The van der Waals surface area contributed by atoms with Crippen LogP contribution in [0.5, 0.6) is 0 Å². The summed E-state index contributed by atoms with van der Waals surface area (Å²) in [4.78, 5) is 19.5. The van der Waals surface area contributed by atoms with Crippen LogP contribution in [0.3, 0.4) is 0 Å². The Kier molecular flexibility index (Phi) is 2.82. The van der Waals surface area contributed by atoms with E-state index in [-0.39, 0.29) is 23.2 Å². The van der Waals surface area contributed by atoms with E-state index in [9.17, 15) is 13.2 Å². The first-order valence-corrected chi connectivity index (χ1v) is 7.03. The van der Waals surface area contributed by atoms with Gasteiger partial charge in [-0.25, -0.2) is 13.4 Å². The van der Waals surface area contributed by atoms with Gasteiger partial charge in [0.25, 0.3) is 5.56 Å². The molecule has 3 N–H and O–H groups in total. The molecule has 2 rings (SSSR count). The lowest BCUT2D eigenvalue weighted by atomic mass is 10.3. The molecule has 0 radical (unpaired) electrons. The van der Waals surface area contributed by atoms with Gasteiger partial charge in [-0.2, -0.15) is 0 Å². The highest BCUT2D eigenvalue weighted by molar-refractivity contribution is 7.91. The number of hydrogen-bond acceptors (Lipinski definition) is 6. The van der Waals surface area contributed by atoms with Crippen molar-refractivity contribution in [2.24, 2.45) is 0 Å². The number of aromatic nitrogens is 2. The van der Waals surface area contributed by atoms with Crippen LogP contribution >= 0.6 is 0 Å². The molecule has 17 heavy (non-hydrogen) atoms. The molecule has 1 aliphatic heterocycles. The Balaban J connectivity index is 2.36. The van der Waals surface area contributed by atoms with Gasteiger partial charge in [0.15, 0.2) is 15.7 Å². The van der Waals surface area contributed by atoms with Crippen LogP contribution in [-0.4, -0.2) is 42.5 Å². The first-order chi connectivity index (χ1) is 7.91. The Morgan fingerprint density at radius 2 is 2.29 bits per heavy atom. The fraction of sp³-hybridized carbons (Fsp3) is 0.556. The molecule has 0 saturated carbocycles. The number of hydrogen-bond donors (Lipinski definition) is 2. The predicted molar refractivity (Wildman–Crippen MR) is 64.7 cm³/mol. The zero-order chi connectivity index (χ0) is 12.6. The number of aromatic amines is 1. The van der Waals surface area contributed by atoms with Gasteiger partial charge in [-0.05, 0) is 6.92 Å². The second-order valence-electron chi connectivity index (χ2n) is 4.13. The van der Waals surface area contributed by atoms with E-state index in [0.29, 0.717) is 12.4 Å². The summed E-state index contributed by atoms with van der Waals surface area (Å²) in [6, 6.07) is -0.231. The van der Waals surface area contributed by atoms with Crippen molar-refractivity contribution in [1.29, 1.82) is 0 Å². The fourth-order valence-corrected chi connectivity index (χ4v) is 3.50. The Morgan fingerprint density at radius 1 is 1.59 bits per heavy atom. The number of nitrogens with one attached hydrogen (secondary N) is 1. The minimum Gasteiger partial charge on any atom is -0.391 e. The highest BCUT2D eigenvalue weighted by Crippen LogP contribution is 2.21. The number of nitrogens with zero attached hydrogens (tertiary/aromatic N) is 2. The van der Waals surface area contributed by atoms with E-state index in [1.807, 2.05) is 0 Å². The quantitative estimate of drug-likeness (QED) is 0.667. The van der Waals surface area contributed by atoms with Crippen molar-refractivity contribution in [3.8, 4) is 0 Å². The van der Waals surface area contributed by atoms with Gasteiger partial charge in [0.1, 0.15) is 5.69 Å². The van der Waals surface area contributed by atoms with E-state index in [4.69, 9.17) is 5.73 Å². The van der Waals surface area contributed by atoms with Crippen molar-refractivity contribution in [2.75, 3.05) is 28.7 Å². The van der Waals surface area contributed by atoms with Gasteiger partial charge in [0.05, 0.1) is 17.8 Å². The molecular weight excluding hydrogens is 244 g/mol. The fourth-order valence-electron chi connectivity index (χ4n) is 1.94. The van der Waals surface area contributed by atoms with E-state index in [1.54, 1.807) is 11.8 Å². The van der Waals surface area contributed by atoms with Crippen molar-refractivity contribution < 1.29 is 8.42 Å². The minimum atomic E-state index is -2.99. The molecule has 8 heteroatoms. The molecule has 1 aromatic rings. The van der Waals surface area contributed by atoms with Crippen LogP contribution in [0.25, 0.3) is 0 Å². The Bertz CT molecular complexity index is 580. The number of nitrogen functional groups attached to an aromatic ring is 1. The van der Waals surface area contributed by atoms with E-state index in [0.717, 1.165) is 0 Å². The largest absolute Gasteiger partial charge is 0.391 e. The molecule has 0 aliphatic carbocycles. The monoisotopic (exact) mass is 258 g/mol. The van der Waals surface area contributed by atoms with Crippen molar-refractivity contribution in [3.63, 3.8) is 0 Å². The summed E-state index contributed by atoms with van der Waals surface area (Å²) >= 11 is 0. The maximum absolute atomic E-state index is 11.4. The third kappa shape index (κ3) is 2.26. The van der Waals surface area contributed by atoms with Crippen LogP contribution in [0.15, 0.2) is 11.1 Å². The average molecular weight is 258 g/mol. The van der Waals surface area contributed by atoms with Gasteiger partial charge in [0, 0.05) is 12.6 Å². The van der Waals surface area contributed by atoms with Gasteiger partial charge in [0.2, 0.25) is 0 Å². The first-order valence-electron chi connectivity index (χ1n) is 5.21. The molecule has 1 aliphatic rings. The zero-order valence-electron chi connectivity index (χ0n) is 9.38. The van der Waals surface area contributed by atoms with Gasteiger partial charge < -0.3 is 15.6 Å². The van der Waals surface area contributed by atoms with Crippen molar-refractivity contribution in [2.45, 2.75) is 13.0 Å². The predicted octanol–water partition coefficient (Wildman–Crippen LogP) is -1.02. The maximum Gasteiger partial charge on any atom is 0.276 e. The van der Waals surface area contributed by atoms with Gasteiger partial charge in [-0.15, -0.1) is 0 Å². The van der Waals surface area contributed by atoms with E-state index in [1.165, 1.54) is 6.33 Å². The number of sulfone groups is 1. The lowest BCUT2D eigenvalue weighted by molar-refractivity contribution is 0.567. The van der Waals surface area contributed by atoms with Gasteiger partial charge >= 0.3 is 0 Å². The lowest BCUT2D eigenvalue weighted by Crippen LogP contribution is -2.48. The Morgan fingerprint density at radius 3 is 2.94 bits per heavy atom. The number of nitrogens with two attached hydrogens (primary N) is 1. The molecule has 1 saturated heterocycles. The SMILES string of the molecule is CC1CS(=O)(=O)CCN1c1nc[nH]c(=O)c1N. The third-order valence-corrected chi connectivity index (χ3v) is 4.61. The number of rotatable bonds is 1. The summed E-state index contributed by atoms with van der Waals surface area (Å²) in [6.07, 6.45) is 1.27. The molecule has 1 fully saturated rings. The molecule has 1 aromatic heterocycles. The maximum atomic E-state index is 11.4. The highest BCUT2D eigenvalue weighted by Gasteiger charge is 2.30. The molecule has 7 nitrogen and oxygen atoms in total. The standard InChI is InChI=1S/C9H14N4O3S/c1-6-4-17(15,16)3-2-13(6)8-7(10)9(14)12-5-11-8/h5-6H,2-4,10H2,1H3,(H,11,12,14). The van der Waals surface area contributed by atoms with E-state index < -0.39 is 15.4 Å². The smallest absolute Gasteiger partial charge is 0.276 e. The molecule has 0 spiro atoms. The molecule has 94 valence electrons. The van der Waals surface area contributed by atoms with E-state index >= 15 is 0 Å². The normalized spacial score (nSPS) is 23.6. The molecule has 0 bridgehead atoms. The zero-order valence-corrected chi connectivity index (χ0v) is 10.2. The third-order valence-electron chi connectivity index (χ3n) is 2.81. The van der Waals surface area contributed by atoms with Crippen LogP contribution in [0.2, 0.25) is 0 Å². The Hall–Kier alpha value is -1.57. The molecule has 1 atom stereocenters. The summed E-state index contributed by atoms with van der Waals surface area (Å²) in [5.41, 5.74) is 5.27. The van der Waals surface area contributed by atoms with Crippen molar-refractivity contribution in [1.82, 2.24) is 9.97 Å². The number of H-pyrrole nitrogens is 1. The van der Waals surface area contributed by atoms with Crippen molar-refractivity contribution >= 4 is 21.3 Å². The Labute approximate surface area is 98.6 Å². The summed E-state index contributed by atoms with van der Waals surface area (Å²) < 4.78 is 22.9. The molecule has 0 amide bonds. The second-order valence-corrected chi connectivity index (χ2v) is 6.35. The summed E-state index contributed by atoms with van der Waals surface area (Å²) in [7, 11) is -2.99. The highest BCUT2D eigenvalue weighted by atomic mass is 32.2. The topological polar surface area (TPSA) is 109 Å². The van der Waals surface area contributed by atoms with Gasteiger partial charge in [-0.1, -0.05) is 0 Å². The van der Waals surface area contributed by atoms with Crippen LogP contribution in [0.1, 0.15) is 6.92 Å². The van der Waals surface area contributed by atoms with Gasteiger partial charge in [-0.3, -0.25) is 4.79 Å². The van der Waals surface area contributed by atoms with Crippen LogP contribution in [-0.2, 0) is 9.84 Å². The molecule has 0 aromatic carbocycles. The molecular formula is C9H14N4O3S. The van der Waals surface area contributed by atoms with Crippen molar-refractivity contribution in [3.05, 3.63) is 16.7 Å². The molecule has 1 unspecified atom stereocenters. The molecule has 2 heterocycles. The summed E-state index contributed by atoms with van der Waals surface area (Å²) in [6.45, 7) is 2.09. The minimum absolute atomic E-state index is 0.0265. The average Bonchev–Trinajstić information content (AvgIpc) is 2.22. The van der Waals surface area contributed by atoms with Crippen LogP contribution < -0.4 is 16.2 Å². The summed E-state index contributed by atoms with van der Waals surface area (Å²) in [5.74, 6) is 0.475. The summed E-state index contributed by atoms with van der Waals surface area (Å²) in [5, 5.41) is 0. The number of anilines is 2. The van der Waals surface area contributed by atoms with Crippen LogP contribution in [0.4, 0.5) is 11.5 Å². The van der Waals surface area contributed by atoms with Crippen LogP contribution in [0, 0.1) is 0 Å².